The Morgan fingerprint density at radius 2 is 2.06 bits per heavy atom. The van der Waals surface area contributed by atoms with Gasteiger partial charge < -0.3 is 0 Å². The van der Waals surface area contributed by atoms with Gasteiger partial charge in [0.25, 0.3) is 0 Å². The van der Waals surface area contributed by atoms with Crippen LogP contribution in [0.15, 0.2) is 16.7 Å². The monoisotopic (exact) mass is 291 g/mol. The van der Waals surface area contributed by atoms with E-state index >= 15 is 0 Å². The van der Waals surface area contributed by atoms with E-state index in [1.807, 2.05) is 23.6 Å². The van der Waals surface area contributed by atoms with Crippen LogP contribution >= 0.6 is 15.9 Å². The number of rotatable bonds is 0. The van der Waals surface area contributed by atoms with Gasteiger partial charge in [-0.1, -0.05) is 20.8 Å². The summed E-state index contributed by atoms with van der Waals surface area (Å²) >= 11 is 3.45. The first-order valence-electron chi connectivity index (χ1n) is 5.43. The van der Waals surface area contributed by atoms with E-state index in [1.54, 1.807) is 0 Å². The molecule has 2 rings (SSSR count). The van der Waals surface area contributed by atoms with Crippen molar-refractivity contribution in [1.29, 1.82) is 5.26 Å². The van der Waals surface area contributed by atoms with Crippen molar-refractivity contribution < 1.29 is 0 Å². The Kier molecular flexibility index (Phi) is 2.75. The standard InChI is InChI=1S/C13H14BrN3/c1-8-5-9(14)7-17-10(6-15)11(13(2,3)4)16-12(8)17/h5,7H,1-4H3. The lowest BCUT2D eigenvalue weighted by Gasteiger charge is -2.15. The molecule has 88 valence electrons. The Bertz CT molecular complexity index is 627. The third-order valence-corrected chi connectivity index (χ3v) is 3.12. The first-order chi connectivity index (χ1) is 7.84. The molecule has 0 fully saturated rings. The van der Waals surface area contributed by atoms with E-state index in [1.165, 1.54) is 0 Å². The largest absolute Gasteiger partial charge is 0.290 e. The van der Waals surface area contributed by atoms with Gasteiger partial charge in [-0.15, -0.1) is 0 Å². The van der Waals surface area contributed by atoms with Crippen LogP contribution in [0.2, 0.25) is 0 Å². The molecule has 2 aromatic heterocycles. The number of hydrogen-bond acceptors (Lipinski definition) is 2. The molecule has 0 spiro atoms. The van der Waals surface area contributed by atoms with Crippen LogP contribution in [0.4, 0.5) is 0 Å². The second-order valence-corrected chi connectivity index (χ2v) is 6.12. The van der Waals surface area contributed by atoms with Gasteiger partial charge in [-0.2, -0.15) is 5.26 Å². The molecule has 0 atom stereocenters. The number of halogens is 1. The van der Waals surface area contributed by atoms with Gasteiger partial charge in [-0.25, -0.2) is 4.98 Å². The van der Waals surface area contributed by atoms with Gasteiger partial charge >= 0.3 is 0 Å². The lowest BCUT2D eigenvalue weighted by molar-refractivity contribution is 0.571. The highest BCUT2D eigenvalue weighted by Gasteiger charge is 2.24. The fourth-order valence-corrected chi connectivity index (χ4v) is 2.45. The van der Waals surface area contributed by atoms with Gasteiger partial charge in [0.1, 0.15) is 17.4 Å². The van der Waals surface area contributed by atoms with Gasteiger partial charge in [0.15, 0.2) is 0 Å². The molecule has 0 N–H and O–H groups in total. The maximum Gasteiger partial charge on any atom is 0.148 e. The maximum absolute atomic E-state index is 9.32. The van der Waals surface area contributed by atoms with Crippen LogP contribution in [-0.2, 0) is 5.41 Å². The van der Waals surface area contributed by atoms with Crippen molar-refractivity contribution in [1.82, 2.24) is 9.38 Å². The highest BCUT2D eigenvalue weighted by Crippen LogP contribution is 2.28. The van der Waals surface area contributed by atoms with E-state index in [-0.39, 0.29) is 5.41 Å². The SMILES string of the molecule is Cc1cc(Br)cn2c(C#N)c(C(C)(C)C)nc12. The normalized spacial score (nSPS) is 11.8. The summed E-state index contributed by atoms with van der Waals surface area (Å²) in [5.74, 6) is 0. The van der Waals surface area contributed by atoms with E-state index in [2.05, 4.69) is 47.8 Å². The molecule has 0 saturated heterocycles. The average Bonchev–Trinajstić information content (AvgIpc) is 2.55. The number of hydrogen-bond donors (Lipinski definition) is 0. The highest BCUT2D eigenvalue weighted by atomic mass is 79.9. The molecule has 0 aliphatic carbocycles. The number of aryl methyl sites for hydroxylation is 1. The number of nitriles is 1. The summed E-state index contributed by atoms with van der Waals surface area (Å²) in [5, 5.41) is 9.32. The second kappa shape index (κ2) is 3.85. The minimum atomic E-state index is -0.129. The minimum absolute atomic E-state index is 0.129. The molecule has 0 radical (unpaired) electrons. The average molecular weight is 292 g/mol. The lowest BCUT2D eigenvalue weighted by Crippen LogP contribution is -2.13. The third-order valence-electron chi connectivity index (χ3n) is 2.69. The summed E-state index contributed by atoms with van der Waals surface area (Å²) in [6, 6.07) is 4.27. The van der Waals surface area contributed by atoms with Crippen LogP contribution < -0.4 is 0 Å². The summed E-state index contributed by atoms with van der Waals surface area (Å²) in [4.78, 5) is 4.62. The molecule has 4 heteroatoms. The highest BCUT2D eigenvalue weighted by molar-refractivity contribution is 9.10. The molecule has 0 amide bonds. The van der Waals surface area contributed by atoms with Crippen LogP contribution in [0, 0.1) is 18.3 Å². The molecule has 3 nitrogen and oxygen atoms in total. The van der Waals surface area contributed by atoms with Crippen molar-refractivity contribution in [3.8, 4) is 6.07 Å². The Labute approximate surface area is 109 Å². The van der Waals surface area contributed by atoms with Gasteiger partial charge in [-0.05, 0) is 34.5 Å². The third kappa shape index (κ3) is 1.96. The molecule has 2 heterocycles. The summed E-state index contributed by atoms with van der Waals surface area (Å²) in [6.07, 6.45) is 1.89. The van der Waals surface area contributed by atoms with Crippen molar-refractivity contribution in [2.24, 2.45) is 0 Å². The van der Waals surface area contributed by atoms with E-state index in [0.717, 1.165) is 21.4 Å². The Hall–Kier alpha value is -1.34. The van der Waals surface area contributed by atoms with E-state index in [9.17, 15) is 5.26 Å². The number of pyridine rings is 1. The van der Waals surface area contributed by atoms with E-state index in [0.29, 0.717) is 5.69 Å². The molecule has 17 heavy (non-hydrogen) atoms. The summed E-state index contributed by atoms with van der Waals surface area (Å²) in [7, 11) is 0. The Morgan fingerprint density at radius 3 is 2.59 bits per heavy atom. The summed E-state index contributed by atoms with van der Waals surface area (Å²) < 4.78 is 2.82. The first-order valence-corrected chi connectivity index (χ1v) is 6.22. The van der Waals surface area contributed by atoms with Crippen LogP contribution in [0.1, 0.15) is 37.7 Å². The zero-order valence-corrected chi connectivity index (χ0v) is 12.0. The Balaban J connectivity index is 2.91. The van der Waals surface area contributed by atoms with Crippen molar-refractivity contribution in [3.05, 3.63) is 33.7 Å². The zero-order chi connectivity index (χ0) is 12.8. The number of aromatic nitrogens is 2. The van der Waals surface area contributed by atoms with Crippen molar-refractivity contribution in [2.45, 2.75) is 33.1 Å². The first kappa shape index (κ1) is 12.1. The maximum atomic E-state index is 9.32. The second-order valence-electron chi connectivity index (χ2n) is 5.21. The van der Waals surface area contributed by atoms with E-state index in [4.69, 9.17) is 0 Å². The van der Waals surface area contributed by atoms with Crippen LogP contribution in [0.25, 0.3) is 5.65 Å². The Morgan fingerprint density at radius 1 is 1.41 bits per heavy atom. The zero-order valence-electron chi connectivity index (χ0n) is 10.4. The van der Waals surface area contributed by atoms with Crippen molar-refractivity contribution >= 4 is 21.6 Å². The fourth-order valence-electron chi connectivity index (χ4n) is 1.90. The van der Waals surface area contributed by atoms with Crippen LogP contribution in [-0.4, -0.2) is 9.38 Å². The molecular formula is C13H14BrN3. The minimum Gasteiger partial charge on any atom is -0.290 e. The quantitative estimate of drug-likeness (QED) is 0.744. The molecule has 0 aliphatic heterocycles. The summed E-state index contributed by atoms with van der Waals surface area (Å²) in [6.45, 7) is 8.21. The lowest BCUT2D eigenvalue weighted by atomic mass is 9.91. The van der Waals surface area contributed by atoms with Crippen molar-refractivity contribution in [3.63, 3.8) is 0 Å². The topological polar surface area (TPSA) is 41.1 Å². The predicted molar refractivity (Wildman–Crippen MR) is 71.0 cm³/mol. The van der Waals surface area contributed by atoms with Gasteiger partial charge in [0, 0.05) is 16.1 Å². The number of imidazole rings is 1. The summed E-state index contributed by atoms with van der Waals surface area (Å²) in [5.41, 5.74) is 3.26. The molecule has 2 aromatic rings. The van der Waals surface area contributed by atoms with Crippen LogP contribution in [0.3, 0.4) is 0 Å². The van der Waals surface area contributed by atoms with Gasteiger partial charge in [0.05, 0.1) is 5.69 Å². The van der Waals surface area contributed by atoms with E-state index < -0.39 is 0 Å². The van der Waals surface area contributed by atoms with Gasteiger partial charge in [0.2, 0.25) is 0 Å². The number of nitrogens with zero attached hydrogens (tertiary/aromatic N) is 3. The molecule has 0 saturated carbocycles. The van der Waals surface area contributed by atoms with Gasteiger partial charge in [-0.3, -0.25) is 4.40 Å². The molecule has 0 bridgehead atoms. The molecule has 0 unspecified atom stereocenters. The smallest absolute Gasteiger partial charge is 0.148 e. The van der Waals surface area contributed by atoms with Crippen molar-refractivity contribution in [2.75, 3.05) is 0 Å². The molecule has 0 aromatic carbocycles. The molecular weight excluding hydrogens is 278 g/mol. The van der Waals surface area contributed by atoms with Crippen LogP contribution in [0.5, 0.6) is 0 Å². The fraction of sp³-hybridized carbons (Fsp3) is 0.385. The predicted octanol–water partition coefficient (Wildman–Crippen LogP) is 3.57. The number of fused-ring (bicyclic) bond motifs is 1. The molecule has 0 aliphatic rings.